The molecule has 0 spiro atoms. The zero-order valence-corrected chi connectivity index (χ0v) is 23.4. The number of amides is 1. The van der Waals surface area contributed by atoms with Gasteiger partial charge in [0.25, 0.3) is 10.0 Å². The van der Waals surface area contributed by atoms with Gasteiger partial charge in [0, 0.05) is 28.3 Å². The van der Waals surface area contributed by atoms with E-state index in [1.807, 2.05) is 43.3 Å². The monoisotopic (exact) mass is 587 g/mol. The fourth-order valence-electron chi connectivity index (χ4n) is 4.02. The number of sulfonamides is 1. The van der Waals surface area contributed by atoms with E-state index in [0.29, 0.717) is 22.0 Å². The molecule has 4 aromatic rings. The zero-order chi connectivity index (χ0) is 27.0. The summed E-state index contributed by atoms with van der Waals surface area (Å²) in [5.41, 5.74) is 2.71. The molecule has 38 heavy (non-hydrogen) atoms. The number of ether oxygens (including phenoxy) is 1. The number of benzene rings is 3. The predicted octanol–water partition coefficient (Wildman–Crippen LogP) is 6.15. The molecule has 1 aliphatic heterocycles. The van der Waals surface area contributed by atoms with E-state index in [-0.39, 0.29) is 38.1 Å². The Morgan fingerprint density at radius 3 is 2.55 bits per heavy atom. The van der Waals surface area contributed by atoms with Crippen molar-refractivity contribution >= 4 is 61.4 Å². The van der Waals surface area contributed by atoms with Gasteiger partial charge in [-0.3, -0.25) is 14.4 Å². The molecule has 1 aliphatic rings. The number of anilines is 2. The number of hydrogen-bond acceptors (Lipinski definition) is 8. The van der Waals surface area contributed by atoms with Crippen molar-refractivity contribution in [3.63, 3.8) is 0 Å². The van der Waals surface area contributed by atoms with Crippen LogP contribution in [-0.2, 0) is 14.8 Å². The summed E-state index contributed by atoms with van der Waals surface area (Å²) in [6, 6.07) is 18.5. The van der Waals surface area contributed by atoms with E-state index >= 15 is 0 Å². The first kappa shape index (κ1) is 26.4. The molecule has 8 nitrogen and oxygen atoms in total. The van der Waals surface area contributed by atoms with Gasteiger partial charge in [0.2, 0.25) is 5.91 Å². The lowest BCUT2D eigenvalue weighted by molar-refractivity contribution is -0.117. The molecule has 2 N–H and O–H groups in total. The Bertz CT molecular complexity index is 1610. The van der Waals surface area contributed by atoms with Crippen LogP contribution in [0.4, 0.5) is 10.8 Å². The third-order valence-corrected chi connectivity index (χ3v) is 9.82. The largest absolute Gasteiger partial charge is 0.508 e. The van der Waals surface area contributed by atoms with Gasteiger partial charge >= 0.3 is 0 Å². The Morgan fingerprint density at radius 2 is 1.84 bits per heavy atom. The van der Waals surface area contributed by atoms with Gasteiger partial charge in [-0.05, 0) is 37.3 Å². The van der Waals surface area contributed by atoms with Crippen LogP contribution in [0, 0.1) is 0 Å². The van der Waals surface area contributed by atoms with Crippen LogP contribution in [0.15, 0.2) is 77.0 Å². The number of methoxy groups -OCH3 is 1. The van der Waals surface area contributed by atoms with Crippen molar-refractivity contribution in [2.24, 2.45) is 0 Å². The van der Waals surface area contributed by atoms with Crippen molar-refractivity contribution < 1.29 is 23.1 Å². The molecule has 3 aromatic carbocycles. The molecule has 1 amide bonds. The fraction of sp³-hybridized carbons (Fsp3) is 0.154. The molecule has 0 bridgehead atoms. The molecule has 12 heteroatoms. The van der Waals surface area contributed by atoms with Crippen LogP contribution in [0.1, 0.15) is 17.9 Å². The topological polar surface area (TPSA) is 109 Å². The first-order chi connectivity index (χ1) is 18.2. The first-order valence-corrected chi connectivity index (χ1v) is 15.0. The number of aromatic hydroxyl groups is 1. The van der Waals surface area contributed by atoms with Crippen molar-refractivity contribution in [3.8, 4) is 22.8 Å². The summed E-state index contributed by atoms with van der Waals surface area (Å²) in [7, 11) is -2.49. The molecular formula is C26H22ClN3O5S3. The van der Waals surface area contributed by atoms with E-state index in [1.54, 1.807) is 22.4 Å². The van der Waals surface area contributed by atoms with Gasteiger partial charge in [-0.2, -0.15) is 0 Å². The SMILES string of the molecule is COc1cc(S(=O)(=O)Nc2nc(-c3ccc(N4C(=O)C(C)SC4c4ccccc4O)cc3)cs2)ccc1Cl. The number of nitrogens with one attached hydrogen (secondary N) is 1. The number of phenols is 1. The molecule has 1 fully saturated rings. The number of thioether (sulfide) groups is 1. The van der Waals surface area contributed by atoms with Crippen LogP contribution in [0.25, 0.3) is 11.3 Å². The third-order valence-electron chi connectivity index (χ3n) is 5.96. The number of carbonyl (C=O) groups excluding carboxylic acids is 1. The number of nitrogens with zero attached hydrogens (tertiary/aromatic N) is 2. The molecular weight excluding hydrogens is 566 g/mol. The van der Waals surface area contributed by atoms with E-state index in [1.165, 1.54) is 37.1 Å². The normalized spacial score (nSPS) is 17.6. The lowest BCUT2D eigenvalue weighted by atomic mass is 10.1. The minimum atomic E-state index is -3.90. The summed E-state index contributed by atoms with van der Waals surface area (Å²) in [6.45, 7) is 1.85. The lowest BCUT2D eigenvalue weighted by Gasteiger charge is -2.25. The molecule has 1 aromatic heterocycles. The van der Waals surface area contributed by atoms with Crippen LogP contribution in [-0.4, -0.2) is 36.8 Å². The summed E-state index contributed by atoms with van der Waals surface area (Å²) in [5, 5.41) is 12.0. The van der Waals surface area contributed by atoms with Gasteiger partial charge in [-0.15, -0.1) is 23.1 Å². The van der Waals surface area contributed by atoms with Gasteiger partial charge in [0.05, 0.1) is 28.0 Å². The highest BCUT2D eigenvalue weighted by Crippen LogP contribution is 2.47. The minimum absolute atomic E-state index is 0.00115. The van der Waals surface area contributed by atoms with E-state index in [4.69, 9.17) is 16.3 Å². The predicted molar refractivity (Wildman–Crippen MR) is 152 cm³/mol. The second-order valence-electron chi connectivity index (χ2n) is 8.38. The second-order valence-corrected chi connectivity index (χ2v) is 12.8. The number of carbonyl (C=O) groups is 1. The van der Waals surface area contributed by atoms with E-state index < -0.39 is 10.0 Å². The Morgan fingerprint density at radius 1 is 1.11 bits per heavy atom. The van der Waals surface area contributed by atoms with Crippen molar-refractivity contribution in [1.29, 1.82) is 0 Å². The number of halogens is 1. The Balaban J connectivity index is 1.37. The van der Waals surface area contributed by atoms with Crippen LogP contribution in [0.3, 0.4) is 0 Å². The molecule has 0 aliphatic carbocycles. The summed E-state index contributed by atoms with van der Waals surface area (Å²) < 4.78 is 33.3. The molecule has 2 atom stereocenters. The average Bonchev–Trinajstić information content (AvgIpc) is 3.48. The zero-order valence-electron chi connectivity index (χ0n) is 20.2. The maximum atomic E-state index is 13.0. The number of rotatable bonds is 7. The highest BCUT2D eigenvalue weighted by Gasteiger charge is 2.40. The van der Waals surface area contributed by atoms with Gasteiger partial charge in [0.15, 0.2) is 5.13 Å². The number of para-hydroxylation sites is 1. The summed E-state index contributed by atoms with van der Waals surface area (Å²) in [4.78, 5) is 19.1. The highest BCUT2D eigenvalue weighted by molar-refractivity contribution is 8.01. The van der Waals surface area contributed by atoms with Crippen LogP contribution in [0.2, 0.25) is 5.02 Å². The second kappa shape index (κ2) is 10.5. The molecule has 0 radical (unpaired) electrons. The third kappa shape index (κ3) is 5.06. The Hall–Kier alpha value is -3.25. The maximum Gasteiger partial charge on any atom is 0.263 e. The number of hydrogen-bond donors (Lipinski definition) is 2. The molecule has 1 saturated heterocycles. The quantitative estimate of drug-likeness (QED) is 0.267. The molecule has 2 heterocycles. The first-order valence-electron chi connectivity index (χ1n) is 11.4. The molecule has 5 rings (SSSR count). The number of aromatic nitrogens is 1. The van der Waals surface area contributed by atoms with E-state index in [0.717, 1.165) is 16.9 Å². The Kier molecular flexibility index (Phi) is 7.28. The van der Waals surface area contributed by atoms with Crippen molar-refractivity contribution in [1.82, 2.24) is 4.98 Å². The van der Waals surface area contributed by atoms with Crippen molar-refractivity contribution in [3.05, 3.63) is 82.7 Å². The van der Waals surface area contributed by atoms with Crippen LogP contribution in [0.5, 0.6) is 11.5 Å². The van der Waals surface area contributed by atoms with Crippen molar-refractivity contribution in [2.75, 3.05) is 16.7 Å². The molecule has 2 unspecified atom stereocenters. The maximum absolute atomic E-state index is 13.0. The van der Waals surface area contributed by atoms with Gasteiger partial charge in [-0.25, -0.2) is 13.4 Å². The standard InChI is InChI=1S/C26H22ClN3O5S3/c1-15-24(32)30(25(37-15)19-5-3-4-6-22(19)31)17-9-7-16(8-10-17)21-14-36-26(28-21)29-38(33,34)18-11-12-20(27)23(13-18)35-2/h3-15,25,31H,1-2H3,(H,28,29). The van der Waals surface area contributed by atoms with E-state index in [2.05, 4.69) is 9.71 Å². The Labute approximate surface area is 233 Å². The fourth-order valence-corrected chi connectivity index (χ4v) is 7.51. The molecule has 0 saturated carbocycles. The lowest BCUT2D eigenvalue weighted by Crippen LogP contribution is -2.30. The van der Waals surface area contributed by atoms with Gasteiger partial charge in [0.1, 0.15) is 16.9 Å². The summed E-state index contributed by atoms with van der Waals surface area (Å²) in [6.07, 6.45) is 0. The molecule has 196 valence electrons. The summed E-state index contributed by atoms with van der Waals surface area (Å²) >= 11 is 8.64. The summed E-state index contributed by atoms with van der Waals surface area (Å²) in [5.74, 6) is 0.353. The van der Waals surface area contributed by atoms with Crippen molar-refractivity contribution in [2.45, 2.75) is 22.4 Å². The number of phenolic OH excluding ortho intramolecular Hbond substituents is 1. The minimum Gasteiger partial charge on any atom is -0.508 e. The average molecular weight is 588 g/mol. The smallest absolute Gasteiger partial charge is 0.263 e. The van der Waals surface area contributed by atoms with Crippen LogP contribution >= 0.6 is 34.7 Å². The van der Waals surface area contributed by atoms with E-state index in [9.17, 15) is 18.3 Å². The van der Waals surface area contributed by atoms with Gasteiger partial charge in [-0.1, -0.05) is 41.9 Å². The highest BCUT2D eigenvalue weighted by atomic mass is 35.5. The van der Waals surface area contributed by atoms with Gasteiger partial charge < -0.3 is 9.84 Å². The van der Waals surface area contributed by atoms with Crippen LogP contribution < -0.4 is 14.4 Å². The number of thiazole rings is 1.